The van der Waals surface area contributed by atoms with Crippen LogP contribution in [0.4, 0.5) is 0 Å². The van der Waals surface area contributed by atoms with Gasteiger partial charge < -0.3 is 11.5 Å². The van der Waals surface area contributed by atoms with Crippen molar-refractivity contribution in [2.45, 2.75) is 31.7 Å². The second-order valence-corrected chi connectivity index (χ2v) is 4.66. The first kappa shape index (κ1) is 13.0. The first-order valence-electron chi connectivity index (χ1n) is 6.62. The van der Waals surface area contributed by atoms with Gasteiger partial charge in [0.05, 0.1) is 5.52 Å². The van der Waals surface area contributed by atoms with E-state index in [1.807, 2.05) is 30.5 Å². The van der Waals surface area contributed by atoms with Crippen molar-refractivity contribution in [1.82, 2.24) is 4.98 Å². The van der Waals surface area contributed by atoms with Gasteiger partial charge in [-0.2, -0.15) is 0 Å². The predicted octanol–water partition coefficient (Wildman–Crippen LogP) is 2.75. The smallest absolute Gasteiger partial charge is 0.0705 e. The average molecular weight is 243 g/mol. The quantitative estimate of drug-likeness (QED) is 0.767. The maximum atomic E-state index is 6.28. The van der Waals surface area contributed by atoms with Gasteiger partial charge in [0.25, 0.3) is 0 Å². The number of hydrogen-bond acceptors (Lipinski definition) is 3. The topological polar surface area (TPSA) is 64.9 Å². The monoisotopic (exact) mass is 243 g/mol. The Morgan fingerprint density at radius 3 is 2.72 bits per heavy atom. The Hall–Kier alpha value is -1.45. The number of aromatic nitrogens is 1. The van der Waals surface area contributed by atoms with Crippen molar-refractivity contribution in [3.8, 4) is 0 Å². The molecule has 0 amide bonds. The molecule has 0 bridgehead atoms. The Morgan fingerprint density at radius 1 is 1.06 bits per heavy atom. The molecule has 1 aromatic heterocycles. The zero-order valence-electron chi connectivity index (χ0n) is 10.7. The number of hydrogen-bond donors (Lipinski definition) is 2. The first-order chi connectivity index (χ1) is 8.83. The zero-order chi connectivity index (χ0) is 12.8. The normalized spacial score (nSPS) is 12.8. The van der Waals surface area contributed by atoms with Crippen molar-refractivity contribution in [2.24, 2.45) is 11.5 Å². The van der Waals surface area contributed by atoms with E-state index in [-0.39, 0.29) is 6.04 Å². The Balaban J connectivity index is 2.10. The third-order valence-electron chi connectivity index (χ3n) is 3.30. The summed E-state index contributed by atoms with van der Waals surface area (Å²) in [7, 11) is 0. The van der Waals surface area contributed by atoms with Crippen LogP contribution in [0.5, 0.6) is 0 Å². The molecule has 0 fully saturated rings. The maximum Gasteiger partial charge on any atom is 0.0705 e. The minimum Gasteiger partial charge on any atom is -0.330 e. The molecule has 0 aliphatic carbocycles. The second kappa shape index (κ2) is 6.47. The van der Waals surface area contributed by atoms with Gasteiger partial charge in [-0.15, -0.1) is 0 Å². The van der Waals surface area contributed by atoms with Crippen molar-refractivity contribution < 1.29 is 0 Å². The summed E-state index contributed by atoms with van der Waals surface area (Å²) in [4.78, 5) is 4.36. The van der Waals surface area contributed by atoms with Crippen LogP contribution in [0.3, 0.4) is 0 Å². The lowest BCUT2D eigenvalue weighted by Gasteiger charge is -2.14. The molecular weight excluding hydrogens is 222 g/mol. The number of rotatable bonds is 6. The summed E-state index contributed by atoms with van der Waals surface area (Å²) < 4.78 is 0. The van der Waals surface area contributed by atoms with E-state index in [1.54, 1.807) is 0 Å². The highest BCUT2D eigenvalue weighted by molar-refractivity contribution is 5.82. The standard InChI is InChI=1S/C15H21N3/c16-10-5-1-2-7-14(17)12-9-11-18-15-8-4-3-6-13(12)15/h3-4,6,8-9,11,14H,1-2,5,7,10,16-17H2. The number of benzene rings is 1. The van der Waals surface area contributed by atoms with Crippen LogP contribution in [0.15, 0.2) is 36.5 Å². The van der Waals surface area contributed by atoms with Crippen LogP contribution in [0.2, 0.25) is 0 Å². The summed E-state index contributed by atoms with van der Waals surface area (Å²) in [5, 5.41) is 1.17. The van der Waals surface area contributed by atoms with Crippen molar-refractivity contribution in [3.63, 3.8) is 0 Å². The van der Waals surface area contributed by atoms with E-state index >= 15 is 0 Å². The van der Waals surface area contributed by atoms with Crippen molar-refractivity contribution in [2.75, 3.05) is 6.54 Å². The molecule has 3 nitrogen and oxygen atoms in total. The molecule has 1 unspecified atom stereocenters. The van der Waals surface area contributed by atoms with Crippen LogP contribution in [0.25, 0.3) is 10.9 Å². The summed E-state index contributed by atoms with van der Waals surface area (Å²) in [6, 6.07) is 10.3. The highest BCUT2D eigenvalue weighted by atomic mass is 14.7. The van der Waals surface area contributed by atoms with E-state index in [0.717, 1.165) is 37.7 Å². The molecule has 0 saturated carbocycles. The Labute approximate surface area is 108 Å². The number of fused-ring (bicyclic) bond motifs is 1. The number of pyridine rings is 1. The van der Waals surface area contributed by atoms with Crippen molar-refractivity contribution >= 4 is 10.9 Å². The third-order valence-corrected chi connectivity index (χ3v) is 3.30. The molecule has 0 aliphatic rings. The Kier molecular flexibility index (Phi) is 4.67. The van der Waals surface area contributed by atoms with E-state index in [0.29, 0.717) is 0 Å². The lowest BCUT2D eigenvalue weighted by atomic mass is 9.98. The molecule has 0 saturated heterocycles. The van der Waals surface area contributed by atoms with Crippen LogP contribution in [-0.2, 0) is 0 Å². The lowest BCUT2D eigenvalue weighted by molar-refractivity contribution is 0.575. The molecule has 1 aromatic carbocycles. The van der Waals surface area contributed by atoms with E-state index in [4.69, 9.17) is 11.5 Å². The van der Waals surface area contributed by atoms with Crippen molar-refractivity contribution in [1.29, 1.82) is 0 Å². The molecular formula is C15H21N3. The SMILES string of the molecule is NCCCCCC(N)c1ccnc2ccccc12. The van der Waals surface area contributed by atoms with Crippen LogP contribution < -0.4 is 11.5 Å². The summed E-state index contributed by atoms with van der Waals surface area (Å²) in [6.07, 6.45) is 6.23. The molecule has 0 spiro atoms. The largest absolute Gasteiger partial charge is 0.330 e. The summed E-state index contributed by atoms with van der Waals surface area (Å²) >= 11 is 0. The predicted molar refractivity (Wildman–Crippen MR) is 76.2 cm³/mol. The van der Waals surface area contributed by atoms with Gasteiger partial charge in [0.15, 0.2) is 0 Å². The fraction of sp³-hybridized carbons (Fsp3) is 0.400. The van der Waals surface area contributed by atoms with Gasteiger partial charge in [0.2, 0.25) is 0 Å². The van der Waals surface area contributed by atoms with Gasteiger partial charge in [-0.25, -0.2) is 0 Å². The average Bonchev–Trinajstić information content (AvgIpc) is 2.43. The molecule has 3 heteroatoms. The molecule has 4 N–H and O–H groups in total. The van der Waals surface area contributed by atoms with Gasteiger partial charge in [-0.1, -0.05) is 31.0 Å². The first-order valence-corrected chi connectivity index (χ1v) is 6.62. The van der Waals surface area contributed by atoms with Gasteiger partial charge in [-0.3, -0.25) is 4.98 Å². The van der Waals surface area contributed by atoms with E-state index in [2.05, 4.69) is 11.1 Å². The van der Waals surface area contributed by atoms with Crippen LogP contribution >= 0.6 is 0 Å². The van der Waals surface area contributed by atoms with Crippen molar-refractivity contribution in [3.05, 3.63) is 42.1 Å². The molecule has 0 radical (unpaired) electrons. The molecule has 2 aromatic rings. The van der Waals surface area contributed by atoms with Gasteiger partial charge >= 0.3 is 0 Å². The third kappa shape index (κ3) is 3.06. The second-order valence-electron chi connectivity index (χ2n) is 4.66. The van der Waals surface area contributed by atoms with Gasteiger partial charge in [0, 0.05) is 17.6 Å². The van der Waals surface area contributed by atoms with Crippen LogP contribution in [0, 0.1) is 0 Å². The van der Waals surface area contributed by atoms with Gasteiger partial charge in [0.1, 0.15) is 0 Å². The molecule has 1 heterocycles. The van der Waals surface area contributed by atoms with Crippen LogP contribution in [0.1, 0.15) is 37.3 Å². The van der Waals surface area contributed by atoms with Gasteiger partial charge in [-0.05, 0) is 37.1 Å². The fourth-order valence-electron chi connectivity index (χ4n) is 2.28. The number of unbranched alkanes of at least 4 members (excludes halogenated alkanes) is 2. The molecule has 0 aliphatic heterocycles. The molecule has 2 rings (SSSR count). The van der Waals surface area contributed by atoms with E-state index in [1.165, 1.54) is 10.9 Å². The fourth-order valence-corrected chi connectivity index (χ4v) is 2.28. The minimum atomic E-state index is 0.0932. The molecule has 1 atom stereocenters. The highest BCUT2D eigenvalue weighted by Crippen LogP contribution is 2.24. The lowest BCUT2D eigenvalue weighted by Crippen LogP contribution is -2.11. The Bertz CT molecular complexity index is 491. The summed E-state index contributed by atoms with van der Waals surface area (Å²) in [6.45, 7) is 0.771. The number of nitrogens with zero attached hydrogens (tertiary/aromatic N) is 1. The number of nitrogens with two attached hydrogens (primary N) is 2. The highest BCUT2D eigenvalue weighted by Gasteiger charge is 2.09. The maximum absolute atomic E-state index is 6.28. The minimum absolute atomic E-state index is 0.0932. The summed E-state index contributed by atoms with van der Waals surface area (Å²) in [5.41, 5.74) is 14.0. The Morgan fingerprint density at radius 2 is 1.89 bits per heavy atom. The molecule has 18 heavy (non-hydrogen) atoms. The van der Waals surface area contributed by atoms with E-state index < -0.39 is 0 Å². The summed E-state index contributed by atoms with van der Waals surface area (Å²) in [5.74, 6) is 0. The number of para-hydroxylation sites is 1. The zero-order valence-corrected chi connectivity index (χ0v) is 10.7. The molecule has 96 valence electrons. The van der Waals surface area contributed by atoms with E-state index in [9.17, 15) is 0 Å². The van der Waals surface area contributed by atoms with Crippen LogP contribution in [-0.4, -0.2) is 11.5 Å².